The average molecular weight is 566 g/mol. The van der Waals surface area contributed by atoms with Gasteiger partial charge in [0.25, 0.3) is 5.91 Å². The van der Waals surface area contributed by atoms with Crippen molar-refractivity contribution in [1.29, 1.82) is 0 Å². The number of carbonyl (C=O) groups excluding carboxylic acids is 5. The van der Waals surface area contributed by atoms with Crippen LogP contribution in [0.1, 0.15) is 42.0 Å². The number of hydrogen-bond acceptors (Lipinski definition) is 10. The number of nitrogens with zero attached hydrogens (tertiary/aromatic N) is 3. The maximum absolute atomic E-state index is 13.1. The van der Waals surface area contributed by atoms with Gasteiger partial charge in [0, 0.05) is 30.9 Å². The highest BCUT2D eigenvalue weighted by atomic mass is 16.6. The quantitative estimate of drug-likeness (QED) is 0.252. The van der Waals surface area contributed by atoms with Gasteiger partial charge in [0.2, 0.25) is 5.91 Å². The summed E-state index contributed by atoms with van der Waals surface area (Å²) >= 11 is 0. The molecule has 13 heteroatoms. The molecule has 5 N–H and O–H groups in total. The summed E-state index contributed by atoms with van der Waals surface area (Å²) in [6, 6.07) is 18.2. The standard InChI is InChI=1S/C27H31N5O6.CO2/c1-2-19(33)14-18(13-16-9-5-3-6-10-16)26(37)29-15-20-23(34)24(35)27(38-20)32-22(17-11-7-4-8-12-17)21(25(28)36)30-31-32;2-1-3/h3-12,18,20,23-24,27,34-35H,2,13-15H2,1H3,(H2,28,36)(H,29,37);/t18-,20-,23-,24-,27-;/m1./s1. The van der Waals surface area contributed by atoms with E-state index in [4.69, 9.17) is 20.1 Å². The molecule has 41 heavy (non-hydrogen) atoms. The van der Waals surface area contributed by atoms with Crippen LogP contribution in [0.2, 0.25) is 0 Å². The number of hydrogen-bond donors (Lipinski definition) is 4. The molecule has 2 heterocycles. The number of aromatic nitrogens is 3. The van der Waals surface area contributed by atoms with E-state index in [0.717, 1.165) is 5.56 Å². The number of ketones is 1. The van der Waals surface area contributed by atoms with Crippen LogP contribution in [0.4, 0.5) is 0 Å². The SMILES string of the molecule is CCC(=O)C[C@@H](Cc1ccccc1)C(=O)NC[C@H]1O[C@@H](n2nnc(C(N)=O)c2-c2ccccc2)[C@H](O)[C@@H]1O.O=C=O. The third-order valence-corrected chi connectivity index (χ3v) is 6.59. The van der Waals surface area contributed by atoms with Crippen LogP contribution in [-0.2, 0) is 30.3 Å². The molecular formula is C28H31N5O8. The second-order valence-corrected chi connectivity index (χ2v) is 9.32. The lowest BCUT2D eigenvalue weighted by molar-refractivity contribution is -0.191. The summed E-state index contributed by atoms with van der Waals surface area (Å²) in [6.45, 7) is 1.64. The van der Waals surface area contributed by atoms with Crippen molar-refractivity contribution in [2.75, 3.05) is 6.54 Å². The van der Waals surface area contributed by atoms with Crippen molar-refractivity contribution in [1.82, 2.24) is 20.3 Å². The molecular weight excluding hydrogens is 534 g/mol. The fraction of sp³-hybridized carbons (Fsp3) is 0.357. The smallest absolute Gasteiger partial charge is 0.373 e. The van der Waals surface area contributed by atoms with Gasteiger partial charge in [-0.1, -0.05) is 72.8 Å². The topological polar surface area (TPSA) is 204 Å². The van der Waals surface area contributed by atoms with E-state index in [1.807, 2.05) is 30.3 Å². The molecule has 0 aliphatic carbocycles. The van der Waals surface area contributed by atoms with Crippen molar-refractivity contribution < 1.29 is 38.9 Å². The summed E-state index contributed by atoms with van der Waals surface area (Å²) in [5.41, 5.74) is 7.10. The first-order chi connectivity index (χ1) is 19.7. The highest BCUT2D eigenvalue weighted by molar-refractivity contribution is 5.96. The van der Waals surface area contributed by atoms with E-state index in [1.54, 1.807) is 37.3 Å². The lowest BCUT2D eigenvalue weighted by atomic mass is 9.92. The number of ether oxygens (including phenoxy) is 1. The van der Waals surface area contributed by atoms with Crippen LogP contribution >= 0.6 is 0 Å². The summed E-state index contributed by atoms with van der Waals surface area (Å²) in [5.74, 6) is -1.79. The maximum Gasteiger partial charge on any atom is 0.373 e. The minimum absolute atomic E-state index is 0.0291. The third-order valence-electron chi connectivity index (χ3n) is 6.59. The number of carbonyl (C=O) groups is 3. The Morgan fingerprint density at radius 1 is 1.05 bits per heavy atom. The summed E-state index contributed by atoms with van der Waals surface area (Å²) in [4.78, 5) is 53.5. The van der Waals surface area contributed by atoms with E-state index in [9.17, 15) is 24.6 Å². The van der Waals surface area contributed by atoms with E-state index in [1.165, 1.54) is 4.68 Å². The van der Waals surface area contributed by atoms with Gasteiger partial charge in [0.05, 0.1) is 0 Å². The average Bonchev–Trinajstić information content (AvgIpc) is 3.54. The Bertz CT molecular complexity index is 1360. The molecule has 1 aliphatic heterocycles. The van der Waals surface area contributed by atoms with Crippen molar-refractivity contribution in [2.24, 2.45) is 11.7 Å². The number of primary amides is 1. The first kappa shape index (κ1) is 31.0. The molecule has 1 fully saturated rings. The zero-order valence-corrected chi connectivity index (χ0v) is 22.3. The zero-order chi connectivity index (χ0) is 29.9. The second-order valence-electron chi connectivity index (χ2n) is 9.32. The number of Topliss-reactive ketones (excluding diaryl/α,β-unsaturated/α-hetero) is 1. The van der Waals surface area contributed by atoms with Crippen LogP contribution in [0.3, 0.4) is 0 Å². The lowest BCUT2D eigenvalue weighted by Gasteiger charge is -2.20. The van der Waals surface area contributed by atoms with Gasteiger partial charge in [-0.3, -0.25) is 14.4 Å². The predicted octanol–water partition coefficient (Wildman–Crippen LogP) is 0.424. The summed E-state index contributed by atoms with van der Waals surface area (Å²) in [6.07, 6.45) is -3.92. The Kier molecular flexibility index (Phi) is 11.1. The fourth-order valence-corrected chi connectivity index (χ4v) is 4.52. The predicted molar refractivity (Wildman–Crippen MR) is 141 cm³/mol. The molecule has 4 rings (SSSR count). The number of nitrogens with two attached hydrogens (primary N) is 1. The van der Waals surface area contributed by atoms with Crippen molar-refractivity contribution >= 4 is 23.7 Å². The number of aliphatic hydroxyl groups excluding tert-OH is 2. The van der Waals surface area contributed by atoms with Gasteiger partial charge in [0.1, 0.15) is 29.8 Å². The molecule has 3 aromatic rings. The number of rotatable bonds is 11. The van der Waals surface area contributed by atoms with Gasteiger partial charge >= 0.3 is 6.15 Å². The first-order valence-electron chi connectivity index (χ1n) is 12.9. The van der Waals surface area contributed by atoms with Gasteiger partial charge in [-0.05, 0) is 12.0 Å². The highest BCUT2D eigenvalue weighted by Crippen LogP contribution is 2.33. The van der Waals surface area contributed by atoms with Crippen LogP contribution in [-0.4, -0.2) is 73.8 Å². The van der Waals surface area contributed by atoms with E-state index in [2.05, 4.69) is 15.6 Å². The molecule has 13 nitrogen and oxygen atoms in total. The van der Waals surface area contributed by atoms with Crippen molar-refractivity contribution in [2.45, 2.75) is 50.7 Å². The molecule has 2 aromatic carbocycles. The van der Waals surface area contributed by atoms with Crippen LogP contribution in [0.15, 0.2) is 60.7 Å². The maximum atomic E-state index is 13.1. The normalized spacial score (nSPS) is 20.3. The van der Waals surface area contributed by atoms with Gasteiger partial charge in [-0.25, -0.2) is 4.68 Å². The van der Waals surface area contributed by atoms with Crippen LogP contribution in [0.5, 0.6) is 0 Å². The molecule has 1 aliphatic rings. The van der Waals surface area contributed by atoms with E-state index < -0.39 is 36.4 Å². The second kappa shape index (κ2) is 14.7. The van der Waals surface area contributed by atoms with E-state index >= 15 is 0 Å². The van der Waals surface area contributed by atoms with E-state index in [0.29, 0.717) is 18.4 Å². The number of aliphatic hydroxyl groups is 2. The number of benzene rings is 2. The highest BCUT2D eigenvalue weighted by Gasteiger charge is 2.45. The van der Waals surface area contributed by atoms with Crippen molar-refractivity contribution in [3.05, 3.63) is 71.9 Å². The Morgan fingerprint density at radius 2 is 1.66 bits per heavy atom. The Hall–Kier alpha value is -4.55. The zero-order valence-electron chi connectivity index (χ0n) is 22.3. The largest absolute Gasteiger partial charge is 0.387 e. The molecule has 1 saturated heterocycles. The van der Waals surface area contributed by atoms with Crippen LogP contribution in [0.25, 0.3) is 11.3 Å². The van der Waals surface area contributed by atoms with E-state index in [-0.39, 0.29) is 42.2 Å². The molecule has 0 saturated carbocycles. The summed E-state index contributed by atoms with van der Waals surface area (Å²) in [5, 5.41) is 32.1. The molecule has 0 spiro atoms. The summed E-state index contributed by atoms with van der Waals surface area (Å²) in [7, 11) is 0. The van der Waals surface area contributed by atoms with Gasteiger partial charge in [-0.15, -0.1) is 5.10 Å². The number of nitrogens with one attached hydrogen (secondary N) is 1. The molecule has 0 unspecified atom stereocenters. The van der Waals surface area contributed by atoms with Crippen LogP contribution < -0.4 is 11.1 Å². The van der Waals surface area contributed by atoms with Crippen molar-refractivity contribution in [3.63, 3.8) is 0 Å². The van der Waals surface area contributed by atoms with Crippen LogP contribution in [0, 0.1) is 5.92 Å². The van der Waals surface area contributed by atoms with Gasteiger partial charge in [0.15, 0.2) is 11.9 Å². The lowest BCUT2D eigenvalue weighted by Crippen LogP contribution is -2.42. The Labute approximate surface area is 235 Å². The molecule has 2 amide bonds. The number of amides is 2. The van der Waals surface area contributed by atoms with Gasteiger partial charge in [-0.2, -0.15) is 9.59 Å². The minimum Gasteiger partial charge on any atom is -0.387 e. The first-order valence-corrected chi connectivity index (χ1v) is 12.9. The molecule has 1 aromatic heterocycles. The summed E-state index contributed by atoms with van der Waals surface area (Å²) < 4.78 is 7.12. The Balaban J connectivity index is 0.00000147. The molecule has 0 bridgehead atoms. The Morgan fingerprint density at radius 3 is 2.24 bits per heavy atom. The third kappa shape index (κ3) is 7.77. The molecule has 5 atom stereocenters. The monoisotopic (exact) mass is 565 g/mol. The molecule has 216 valence electrons. The van der Waals surface area contributed by atoms with Crippen molar-refractivity contribution in [3.8, 4) is 11.3 Å². The molecule has 0 radical (unpaired) electrons. The van der Waals surface area contributed by atoms with Gasteiger partial charge < -0.3 is 26.0 Å². The minimum atomic E-state index is -1.43. The fourth-order valence-electron chi connectivity index (χ4n) is 4.52.